The number of hydrogen-bond donors (Lipinski definition) is 2. The molecule has 2 rings (SSSR count). The molecule has 0 radical (unpaired) electrons. The van der Waals surface area contributed by atoms with Crippen LogP contribution in [0, 0.1) is 0 Å². The van der Waals surface area contributed by atoms with E-state index in [1.807, 2.05) is 36.4 Å². The maximum Gasteiger partial charge on any atom is 0.118 e. The standard InChI is InChI=1S/C15H17NO2/c1-18-14-7-5-12(6-8-14)15(16)10-11-3-2-4-13(17)9-11/h2-9,15,17H,10,16H2,1H3. The Bertz CT molecular complexity index is 508. The summed E-state index contributed by atoms with van der Waals surface area (Å²) in [5.74, 6) is 1.10. The number of rotatable bonds is 4. The van der Waals surface area contributed by atoms with E-state index in [1.165, 1.54) is 0 Å². The van der Waals surface area contributed by atoms with Crippen LogP contribution in [0.25, 0.3) is 0 Å². The highest BCUT2D eigenvalue weighted by molar-refractivity contribution is 5.32. The summed E-state index contributed by atoms with van der Waals surface area (Å²) in [5.41, 5.74) is 8.23. The number of phenols is 1. The number of aromatic hydroxyl groups is 1. The molecule has 18 heavy (non-hydrogen) atoms. The van der Waals surface area contributed by atoms with Crippen molar-refractivity contribution in [2.45, 2.75) is 12.5 Å². The lowest BCUT2D eigenvalue weighted by atomic mass is 9.99. The van der Waals surface area contributed by atoms with Gasteiger partial charge in [0.15, 0.2) is 0 Å². The van der Waals surface area contributed by atoms with Crippen LogP contribution in [0.4, 0.5) is 0 Å². The summed E-state index contributed by atoms with van der Waals surface area (Å²) in [5, 5.41) is 9.41. The zero-order chi connectivity index (χ0) is 13.0. The first-order valence-electron chi connectivity index (χ1n) is 5.86. The normalized spacial score (nSPS) is 12.1. The van der Waals surface area contributed by atoms with Crippen LogP contribution < -0.4 is 10.5 Å². The zero-order valence-corrected chi connectivity index (χ0v) is 10.3. The molecule has 94 valence electrons. The van der Waals surface area contributed by atoms with E-state index in [-0.39, 0.29) is 11.8 Å². The van der Waals surface area contributed by atoms with Gasteiger partial charge in [0.2, 0.25) is 0 Å². The van der Waals surface area contributed by atoms with Gasteiger partial charge in [-0.15, -0.1) is 0 Å². The Morgan fingerprint density at radius 1 is 1.17 bits per heavy atom. The molecular formula is C15H17NO2. The topological polar surface area (TPSA) is 55.5 Å². The summed E-state index contributed by atoms with van der Waals surface area (Å²) >= 11 is 0. The molecule has 0 heterocycles. The van der Waals surface area contributed by atoms with Gasteiger partial charge in [0, 0.05) is 6.04 Å². The first-order chi connectivity index (χ1) is 8.69. The quantitative estimate of drug-likeness (QED) is 0.868. The predicted molar refractivity (Wildman–Crippen MR) is 71.7 cm³/mol. The second kappa shape index (κ2) is 5.56. The molecule has 0 bridgehead atoms. The Morgan fingerprint density at radius 3 is 2.50 bits per heavy atom. The van der Waals surface area contributed by atoms with E-state index in [1.54, 1.807) is 19.2 Å². The van der Waals surface area contributed by atoms with Gasteiger partial charge in [-0.2, -0.15) is 0 Å². The lowest BCUT2D eigenvalue weighted by molar-refractivity contribution is 0.414. The van der Waals surface area contributed by atoms with Crippen LogP contribution >= 0.6 is 0 Å². The molecule has 0 amide bonds. The largest absolute Gasteiger partial charge is 0.508 e. The second-order valence-corrected chi connectivity index (χ2v) is 4.25. The van der Waals surface area contributed by atoms with E-state index < -0.39 is 0 Å². The number of methoxy groups -OCH3 is 1. The molecule has 0 fully saturated rings. The number of ether oxygens (including phenoxy) is 1. The van der Waals surface area contributed by atoms with E-state index in [0.717, 1.165) is 16.9 Å². The molecule has 0 aliphatic heterocycles. The average molecular weight is 243 g/mol. The second-order valence-electron chi connectivity index (χ2n) is 4.25. The Morgan fingerprint density at radius 2 is 1.89 bits per heavy atom. The van der Waals surface area contributed by atoms with Crippen molar-refractivity contribution in [2.75, 3.05) is 7.11 Å². The van der Waals surface area contributed by atoms with Gasteiger partial charge in [0.25, 0.3) is 0 Å². The highest BCUT2D eigenvalue weighted by atomic mass is 16.5. The highest BCUT2D eigenvalue weighted by Gasteiger charge is 2.07. The first-order valence-corrected chi connectivity index (χ1v) is 5.86. The third kappa shape index (κ3) is 3.02. The SMILES string of the molecule is COc1ccc(C(N)Cc2cccc(O)c2)cc1. The number of hydrogen-bond acceptors (Lipinski definition) is 3. The van der Waals surface area contributed by atoms with Crippen molar-refractivity contribution in [1.82, 2.24) is 0 Å². The van der Waals surface area contributed by atoms with E-state index in [0.29, 0.717) is 6.42 Å². The molecule has 0 spiro atoms. The van der Waals surface area contributed by atoms with Gasteiger partial charge in [-0.25, -0.2) is 0 Å². The van der Waals surface area contributed by atoms with Crippen LogP contribution in [0.2, 0.25) is 0 Å². The summed E-state index contributed by atoms with van der Waals surface area (Å²) < 4.78 is 5.11. The highest BCUT2D eigenvalue weighted by Crippen LogP contribution is 2.21. The van der Waals surface area contributed by atoms with Gasteiger partial charge >= 0.3 is 0 Å². The lowest BCUT2D eigenvalue weighted by Crippen LogP contribution is -2.13. The van der Waals surface area contributed by atoms with Crippen LogP contribution in [-0.2, 0) is 6.42 Å². The van der Waals surface area contributed by atoms with Gasteiger partial charge in [-0.3, -0.25) is 0 Å². The lowest BCUT2D eigenvalue weighted by Gasteiger charge is -2.13. The molecule has 0 saturated carbocycles. The fraction of sp³-hybridized carbons (Fsp3) is 0.200. The van der Waals surface area contributed by atoms with Crippen LogP contribution in [0.5, 0.6) is 11.5 Å². The van der Waals surface area contributed by atoms with E-state index in [4.69, 9.17) is 10.5 Å². The minimum atomic E-state index is -0.0855. The fourth-order valence-corrected chi connectivity index (χ4v) is 1.91. The predicted octanol–water partition coefficient (Wildman–Crippen LogP) is 2.64. The summed E-state index contributed by atoms with van der Waals surface area (Å²) in [6.07, 6.45) is 0.695. The third-order valence-corrected chi connectivity index (χ3v) is 2.91. The molecule has 3 nitrogen and oxygen atoms in total. The molecule has 0 aliphatic carbocycles. The number of nitrogens with two attached hydrogens (primary N) is 1. The molecule has 2 aromatic rings. The smallest absolute Gasteiger partial charge is 0.118 e. The maximum atomic E-state index is 9.41. The van der Waals surface area contributed by atoms with Crippen molar-refractivity contribution in [3.63, 3.8) is 0 Å². The molecule has 2 aromatic carbocycles. The van der Waals surface area contributed by atoms with Gasteiger partial charge in [-0.05, 0) is 41.8 Å². The summed E-state index contributed by atoms with van der Waals surface area (Å²) in [7, 11) is 1.64. The third-order valence-electron chi connectivity index (χ3n) is 2.91. The summed E-state index contributed by atoms with van der Waals surface area (Å²) in [6, 6.07) is 14.8. The molecule has 0 aliphatic rings. The van der Waals surface area contributed by atoms with Crippen LogP contribution in [0.15, 0.2) is 48.5 Å². The number of phenolic OH excluding ortho intramolecular Hbond substituents is 1. The van der Waals surface area contributed by atoms with E-state index in [9.17, 15) is 5.11 Å². The minimum absolute atomic E-state index is 0.0855. The molecule has 3 N–H and O–H groups in total. The summed E-state index contributed by atoms with van der Waals surface area (Å²) in [4.78, 5) is 0. The molecule has 3 heteroatoms. The van der Waals surface area contributed by atoms with Crippen molar-refractivity contribution >= 4 is 0 Å². The molecule has 0 saturated heterocycles. The molecule has 0 aromatic heterocycles. The van der Waals surface area contributed by atoms with E-state index in [2.05, 4.69) is 0 Å². The average Bonchev–Trinajstić information content (AvgIpc) is 2.39. The molecule has 1 unspecified atom stereocenters. The fourth-order valence-electron chi connectivity index (χ4n) is 1.91. The van der Waals surface area contributed by atoms with Gasteiger partial charge in [-0.1, -0.05) is 24.3 Å². The molecular weight excluding hydrogens is 226 g/mol. The monoisotopic (exact) mass is 243 g/mol. The number of benzene rings is 2. The van der Waals surface area contributed by atoms with Gasteiger partial charge in [0.05, 0.1) is 7.11 Å². The van der Waals surface area contributed by atoms with Crippen molar-refractivity contribution < 1.29 is 9.84 Å². The van der Waals surface area contributed by atoms with Crippen LogP contribution in [-0.4, -0.2) is 12.2 Å². The Kier molecular flexibility index (Phi) is 3.85. The maximum absolute atomic E-state index is 9.41. The Balaban J connectivity index is 2.09. The summed E-state index contributed by atoms with van der Waals surface area (Å²) in [6.45, 7) is 0. The first kappa shape index (κ1) is 12.5. The minimum Gasteiger partial charge on any atom is -0.508 e. The molecule has 1 atom stereocenters. The van der Waals surface area contributed by atoms with Gasteiger partial charge < -0.3 is 15.6 Å². The van der Waals surface area contributed by atoms with Crippen molar-refractivity contribution in [1.29, 1.82) is 0 Å². The van der Waals surface area contributed by atoms with Gasteiger partial charge in [0.1, 0.15) is 11.5 Å². The van der Waals surface area contributed by atoms with Crippen molar-refractivity contribution in [3.8, 4) is 11.5 Å². The Hall–Kier alpha value is -2.00. The van der Waals surface area contributed by atoms with Crippen molar-refractivity contribution in [3.05, 3.63) is 59.7 Å². The van der Waals surface area contributed by atoms with Crippen LogP contribution in [0.1, 0.15) is 17.2 Å². The Labute approximate surface area is 107 Å². The van der Waals surface area contributed by atoms with E-state index >= 15 is 0 Å². The zero-order valence-electron chi connectivity index (χ0n) is 10.3. The van der Waals surface area contributed by atoms with Crippen molar-refractivity contribution in [2.24, 2.45) is 5.73 Å². The van der Waals surface area contributed by atoms with Crippen LogP contribution in [0.3, 0.4) is 0 Å².